The Labute approximate surface area is 140 Å². The average molecular weight is 319 g/mol. The Morgan fingerprint density at radius 1 is 1.04 bits per heavy atom. The number of rotatable bonds is 6. The number of hydrogen-bond donors (Lipinski definition) is 0. The summed E-state index contributed by atoms with van der Waals surface area (Å²) in [4.78, 5) is 25.0. The third-order valence-corrected chi connectivity index (χ3v) is 3.46. The van der Waals surface area contributed by atoms with Crippen molar-refractivity contribution in [1.29, 1.82) is 0 Å². The van der Waals surface area contributed by atoms with Gasteiger partial charge in [-0.3, -0.25) is 19.7 Å². The average Bonchev–Trinajstić information content (AvgIpc) is 2.63. The summed E-state index contributed by atoms with van der Waals surface area (Å²) < 4.78 is 5.69. The van der Waals surface area contributed by atoms with E-state index in [-0.39, 0.29) is 12.2 Å². The van der Waals surface area contributed by atoms with Crippen molar-refractivity contribution in [2.24, 2.45) is 0 Å². The lowest BCUT2D eigenvalue weighted by Gasteiger charge is -2.06. The van der Waals surface area contributed by atoms with E-state index in [4.69, 9.17) is 4.74 Å². The number of nitrogens with zero attached hydrogens (tertiary/aromatic N) is 3. The molecule has 5 heteroatoms. The van der Waals surface area contributed by atoms with E-state index in [1.54, 1.807) is 42.9 Å². The molecular formula is C19H17N3O2. The van der Waals surface area contributed by atoms with E-state index in [2.05, 4.69) is 15.0 Å². The topological polar surface area (TPSA) is 65.0 Å². The first-order chi connectivity index (χ1) is 11.7. The molecule has 5 nitrogen and oxygen atoms in total. The molecule has 0 N–H and O–H groups in total. The van der Waals surface area contributed by atoms with Crippen LogP contribution >= 0.6 is 0 Å². The minimum atomic E-state index is -0.0904. The minimum Gasteiger partial charge on any atom is -0.456 e. The highest BCUT2D eigenvalue weighted by atomic mass is 16.5. The van der Waals surface area contributed by atoms with Crippen LogP contribution in [0, 0.1) is 0 Å². The Morgan fingerprint density at radius 3 is 2.71 bits per heavy atom. The van der Waals surface area contributed by atoms with Crippen LogP contribution in [0.25, 0.3) is 0 Å². The smallest absolute Gasteiger partial charge is 0.187 e. The number of aromatic nitrogens is 3. The first-order valence-electron chi connectivity index (χ1n) is 7.76. The number of pyridine rings is 3. The molecule has 0 fully saturated rings. The number of carbonyl (C=O) groups is 1. The Bertz CT molecular complexity index is 835. The van der Waals surface area contributed by atoms with Crippen molar-refractivity contribution in [2.75, 3.05) is 0 Å². The Balaban J connectivity index is 1.74. The van der Waals surface area contributed by atoms with E-state index in [1.807, 2.05) is 25.1 Å². The normalized spacial score (nSPS) is 10.4. The molecule has 0 atom stereocenters. The zero-order valence-corrected chi connectivity index (χ0v) is 13.3. The van der Waals surface area contributed by atoms with Crippen LogP contribution in [0.1, 0.15) is 28.8 Å². The van der Waals surface area contributed by atoms with Crippen molar-refractivity contribution in [2.45, 2.75) is 19.8 Å². The fraction of sp³-hybridized carbons (Fsp3) is 0.158. The summed E-state index contributed by atoms with van der Waals surface area (Å²) in [5.41, 5.74) is 2.08. The minimum absolute atomic E-state index is 0.0904. The molecule has 3 aromatic heterocycles. The molecule has 24 heavy (non-hydrogen) atoms. The van der Waals surface area contributed by atoms with Gasteiger partial charge in [-0.15, -0.1) is 0 Å². The lowest BCUT2D eigenvalue weighted by Crippen LogP contribution is -2.08. The second kappa shape index (κ2) is 7.46. The molecule has 0 saturated carbocycles. The second-order valence-electron chi connectivity index (χ2n) is 5.24. The molecule has 3 aromatic rings. The van der Waals surface area contributed by atoms with Gasteiger partial charge in [-0.1, -0.05) is 13.0 Å². The number of hydrogen-bond acceptors (Lipinski definition) is 5. The second-order valence-corrected chi connectivity index (χ2v) is 5.24. The molecule has 0 radical (unpaired) electrons. The van der Waals surface area contributed by atoms with E-state index in [1.165, 1.54) is 0 Å². The van der Waals surface area contributed by atoms with Gasteiger partial charge in [-0.25, -0.2) is 0 Å². The molecule has 0 aliphatic carbocycles. The van der Waals surface area contributed by atoms with Crippen molar-refractivity contribution < 1.29 is 9.53 Å². The number of ketones is 1. The molecular weight excluding hydrogens is 302 g/mol. The van der Waals surface area contributed by atoms with Gasteiger partial charge in [0.15, 0.2) is 5.78 Å². The molecule has 0 spiro atoms. The van der Waals surface area contributed by atoms with Gasteiger partial charge in [-0.05, 0) is 36.8 Å². The van der Waals surface area contributed by atoms with E-state index >= 15 is 0 Å². The summed E-state index contributed by atoms with van der Waals surface area (Å²) in [6.07, 6.45) is 5.91. The number of Topliss-reactive ketones (excluding diaryl/α,β-unsaturated/α-hetero) is 1. The van der Waals surface area contributed by atoms with Crippen LogP contribution < -0.4 is 4.74 Å². The van der Waals surface area contributed by atoms with Crippen molar-refractivity contribution in [3.8, 4) is 11.5 Å². The number of ether oxygens (including phenoxy) is 1. The van der Waals surface area contributed by atoms with Crippen molar-refractivity contribution >= 4 is 5.78 Å². The SMILES string of the molecule is CCc1cccc(CC(=O)c2cc(Oc3cccnc3)ccn2)n1. The molecule has 0 aliphatic rings. The molecule has 0 bridgehead atoms. The summed E-state index contributed by atoms with van der Waals surface area (Å²) >= 11 is 0. The summed E-state index contributed by atoms with van der Waals surface area (Å²) in [5.74, 6) is 1.07. The zero-order chi connectivity index (χ0) is 16.8. The molecule has 0 aliphatic heterocycles. The summed E-state index contributed by atoms with van der Waals surface area (Å²) in [5, 5.41) is 0. The quantitative estimate of drug-likeness (QED) is 0.649. The molecule has 0 saturated heterocycles. The van der Waals surface area contributed by atoms with Crippen molar-refractivity contribution in [3.63, 3.8) is 0 Å². The van der Waals surface area contributed by atoms with Gasteiger partial charge in [0.25, 0.3) is 0 Å². The molecule has 3 rings (SSSR count). The van der Waals surface area contributed by atoms with E-state index < -0.39 is 0 Å². The first kappa shape index (κ1) is 15.8. The molecule has 3 heterocycles. The molecule has 120 valence electrons. The Kier molecular flexibility index (Phi) is 4.91. The predicted molar refractivity (Wildman–Crippen MR) is 90.2 cm³/mol. The highest BCUT2D eigenvalue weighted by molar-refractivity contribution is 5.95. The highest BCUT2D eigenvalue weighted by Crippen LogP contribution is 2.20. The van der Waals surface area contributed by atoms with Crippen molar-refractivity contribution in [3.05, 3.63) is 78.1 Å². The van der Waals surface area contributed by atoms with E-state index in [0.29, 0.717) is 17.2 Å². The maximum absolute atomic E-state index is 12.4. The van der Waals surface area contributed by atoms with Gasteiger partial charge in [0.2, 0.25) is 0 Å². The number of aryl methyl sites for hydroxylation is 1. The fourth-order valence-electron chi connectivity index (χ4n) is 2.25. The third-order valence-electron chi connectivity index (χ3n) is 3.46. The van der Waals surface area contributed by atoms with Gasteiger partial charge in [0.1, 0.15) is 17.2 Å². The Hall–Kier alpha value is -3.08. The number of carbonyl (C=O) groups excluding carboxylic acids is 1. The molecule has 0 unspecified atom stereocenters. The lowest BCUT2D eigenvalue weighted by atomic mass is 10.1. The highest BCUT2D eigenvalue weighted by Gasteiger charge is 2.11. The molecule has 0 aromatic carbocycles. The maximum atomic E-state index is 12.4. The van der Waals surface area contributed by atoms with Crippen LogP contribution in [0.15, 0.2) is 61.1 Å². The van der Waals surface area contributed by atoms with E-state index in [0.717, 1.165) is 17.8 Å². The predicted octanol–water partition coefficient (Wildman–Crippen LogP) is 3.65. The monoisotopic (exact) mass is 319 g/mol. The van der Waals surface area contributed by atoms with Crippen molar-refractivity contribution in [1.82, 2.24) is 15.0 Å². The van der Waals surface area contributed by atoms with Gasteiger partial charge in [0, 0.05) is 29.8 Å². The zero-order valence-electron chi connectivity index (χ0n) is 13.3. The Morgan fingerprint density at radius 2 is 1.92 bits per heavy atom. The molecule has 0 amide bonds. The largest absolute Gasteiger partial charge is 0.456 e. The van der Waals surface area contributed by atoms with E-state index in [9.17, 15) is 4.79 Å². The van der Waals surface area contributed by atoms with Gasteiger partial charge < -0.3 is 4.74 Å². The standard InChI is InChI=1S/C19H17N3O2/c1-2-14-5-3-6-15(22-14)11-19(23)18-12-16(8-10-21-18)24-17-7-4-9-20-13-17/h3-10,12-13H,2,11H2,1H3. The van der Waals surface area contributed by atoms with Crippen LogP contribution in [0.5, 0.6) is 11.5 Å². The third kappa shape index (κ3) is 4.01. The van der Waals surface area contributed by atoms with Crippen LogP contribution in [0.2, 0.25) is 0 Å². The van der Waals surface area contributed by atoms with Crippen LogP contribution in [-0.4, -0.2) is 20.7 Å². The maximum Gasteiger partial charge on any atom is 0.187 e. The van der Waals surface area contributed by atoms with Gasteiger partial charge in [0.05, 0.1) is 12.6 Å². The lowest BCUT2D eigenvalue weighted by molar-refractivity contribution is 0.0987. The first-order valence-corrected chi connectivity index (χ1v) is 7.76. The van der Waals surface area contributed by atoms with Crippen LogP contribution in [-0.2, 0) is 12.8 Å². The summed E-state index contributed by atoms with van der Waals surface area (Å²) in [7, 11) is 0. The van der Waals surface area contributed by atoms with Gasteiger partial charge >= 0.3 is 0 Å². The van der Waals surface area contributed by atoms with Crippen LogP contribution in [0.3, 0.4) is 0 Å². The summed E-state index contributed by atoms with van der Waals surface area (Å²) in [6.45, 7) is 2.04. The van der Waals surface area contributed by atoms with Crippen LogP contribution in [0.4, 0.5) is 0 Å². The summed E-state index contributed by atoms with van der Waals surface area (Å²) in [6, 6.07) is 12.7. The fourth-order valence-corrected chi connectivity index (χ4v) is 2.25. The van der Waals surface area contributed by atoms with Gasteiger partial charge in [-0.2, -0.15) is 0 Å².